The maximum Gasteiger partial charge on any atom is 0.309 e. The molecule has 0 amide bonds. The molecule has 0 aromatic heterocycles. The Bertz CT molecular complexity index is 1280. The summed E-state index contributed by atoms with van der Waals surface area (Å²) in [5.41, 5.74) is 6.52. The monoisotopic (exact) mass is 438 g/mol. The minimum absolute atomic E-state index is 0.193. The van der Waals surface area contributed by atoms with Crippen LogP contribution >= 0.6 is 0 Å². The average Bonchev–Trinajstić information content (AvgIpc) is 2.84. The molecule has 4 nitrogen and oxygen atoms in total. The van der Waals surface area contributed by atoms with E-state index in [0.29, 0.717) is 0 Å². The highest BCUT2D eigenvalue weighted by Gasteiger charge is 2.10. The summed E-state index contributed by atoms with van der Waals surface area (Å²) in [5, 5.41) is 20.6. The molecular weight excluding hydrogens is 412 g/mol. The molecule has 33 heavy (non-hydrogen) atoms. The van der Waals surface area contributed by atoms with E-state index in [0.717, 1.165) is 46.2 Å². The number of ether oxygens (including phenoxy) is 1. The number of aromatic hydroxyl groups is 2. The first kappa shape index (κ1) is 22.2. The smallest absolute Gasteiger partial charge is 0.309 e. The van der Waals surface area contributed by atoms with Crippen molar-refractivity contribution in [3.63, 3.8) is 0 Å². The lowest BCUT2D eigenvalue weighted by Crippen LogP contribution is -2.04. The molecule has 0 radical (unpaired) electrons. The number of rotatable bonds is 7. The fourth-order valence-electron chi connectivity index (χ4n) is 3.96. The van der Waals surface area contributed by atoms with E-state index in [4.69, 9.17) is 4.74 Å². The van der Waals surface area contributed by atoms with E-state index < -0.39 is 0 Å². The van der Waals surface area contributed by atoms with Gasteiger partial charge >= 0.3 is 5.97 Å². The van der Waals surface area contributed by atoms with Crippen LogP contribution in [-0.2, 0) is 28.8 Å². The van der Waals surface area contributed by atoms with E-state index in [1.807, 2.05) is 66.7 Å². The summed E-state index contributed by atoms with van der Waals surface area (Å²) in [6.45, 7) is 0. The number of methoxy groups -OCH3 is 1. The van der Waals surface area contributed by atoms with Gasteiger partial charge in [0.25, 0.3) is 0 Å². The molecule has 0 fully saturated rings. The van der Waals surface area contributed by atoms with Crippen LogP contribution in [0.4, 0.5) is 0 Å². The van der Waals surface area contributed by atoms with Crippen molar-refractivity contribution in [2.45, 2.75) is 19.3 Å². The van der Waals surface area contributed by atoms with Gasteiger partial charge < -0.3 is 14.9 Å². The number of carbonyl (C=O) groups is 1. The molecule has 0 aliphatic carbocycles. The van der Waals surface area contributed by atoms with Crippen LogP contribution in [0, 0.1) is 0 Å². The molecule has 0 unspecified atom stereocenters. The van der Waals surface area contributed by atoms with Gasteiger partial charge in [-0.05, 0) is 58.9 Å². The minimum Gasteiger partial charge on any atom is -0.507 e. The first-order valence-corrected chi connectivity index (χ1v) is 10.9. The largest absolute Gasteiger partial charge is 0.507 e. The Morgan fingerprint density at radius 1 is 0.667 bits per heavy atom. The van der Waals surface area contributed by atoms with Gasteiger partial charge in [-0.2, -0.15) is 0 Å². The number of esters is 1. The molecule has 0 saturated heterocycles. The Labute approximate surface area is 193 Å². The van der Waals surface area contributed by atoms with E-state index in [9.17, 15) is 15.0 Å². The minimum atomic E-state index is -0.295. The average molecular weight is 439 g/mol. The van der Waals surface area contributed by atoms with Crippen molar-refractivity contribution in [3.8, 4) is 33.8 Å². The summed E-state index contributed by atoms with van der Waals surface area (Å²) < 4.78 is 4.76. The number of hydrogen-bond donors (Lipinski definition) is 2. The molecule has 4 heteroatoms. The number of phenols is 2. The first-order chi connectivity index (χ1) is 16.0. The van der Waals surface area contributed by atoms with Crippen molar-refractivity contribution in [1.82, 2.24) is 0 Å². The number of phenolic OH excluding ortho intramolecular Hbond substituents is 2. The fraction of sp³-hybridized carbons (Fsp3) is 0.138. The van der Waals surface area contributed by atoms with Crippen LogP contribution in [0.3, 0.4) is 0 Å². The lowest BCUT2D eigenvalue weighted by atomic mass is 9.95. The molecule has 0 atom stereocenters. The van der Waals surface area contributed by atoms with Crippen LogP contribution in [0.1, 0.15) is 16.7 Å². The van der Waals surface area contributed by atoms with Crippen molar-refractivity contribution in [1.29, 1.82) is 0 Å². The van der Waals surface area contributed by atoms with Gasteiger partial charge in [-0.15, -0.1) is 0 Å². The van der Waals surface area contributed by atoms with Gasteiger partial charge in [0.1, 0.15) is 11.5 Å². The SMILES string of the molecule is COC(=O)Cc1cccc(-c2cc(CCc3cccc(-c4ccccc4O)c3)ccc2O)c1. The zero-order valence-electron chi connectivity index (χ0n) is 18.5. The molecule has 0 spiro atoms. The van der Waals surface area contributed by atoms with Crippen LogP contribution in [0.15, 0.2) is 91.0 Å². The zero-order chi connectivity index (χ0) is 23.2. The predicted molar refractivity (Wildman–Crippen MR) is 130 cm³/mol. The van der Waals surface area contributed by atoms with E-state index >= 15 is 0 Å². The Balaban J connectivity index is 1.53. The van der Waals surface area contributed by atoms with Crippen LogP contribution in [0.25, 0.3) is 22.3 Å². The molecule has 4 rings (SSSR count). The van der Waals surface area contributed by atoms with E-state index in [-0.39, 0.29) is 23.9 Å². The van der Waals surface area contributed by atoms with Gasteiger partial charge in [0.2, 0.25) is 0 Å². The second-order valence-electron chi connectivity index (χ2n) is 8.02. The molecule has 0 heterocycles. The maximum atomic E-state index is 11.6. The molecule has 4 aromatic carbocycles. The molecule has 0 bridgehead atoms. The van der Waals surface area contributed by atoms with Crippen molar-refractivity contribution >= 4 is 5.97 Å². The molecular formula is C29H26O4. The van der Waals surface area contributed by atoms with Crippen molar-refractivity contribution < 1.29 is 19.7 Å². The van der Waals surface area contributed by atoms with E-state index in [1.165, 1.54) is 12.7 Å². The highest BCUT2D eigenvalue weighted by Crippen LogP contribution is 2.32. The van der Waals surface area contributed by atoms with Gasteiger partial charge in [0, 0.05) is 11.1 Å². The van der Waals surface area contributed by atoms with Gasteiger partial charge in [-0.25, -0.2) is 0 Å². The van der Waals surface area contributed by atoms with Gasteiger partial charge in [-0.1, -0.05) is 72.8 Å². The molecule has 4 aromatic rings. The second-order valence-corrected chi connectivity index (χ2v) is 8.02. The summed E-state index contributed by atoms with van der Waals surface area (Å²) in [5.74, 6) is 0.180. The lowest BCUT2D eigenvalue weighted by Gasteiger charge is -2.11. The first-order valence-electron chi connectivity index (χ1n) is 10.9. The third kappa shape index (κ3) is 5.42. The van der Waals surface area contributed by atoms with Crippen molar-refractivity contribution in [2.75, 3.05) is 7.11 Å². The Morgan fingerprint density at radius 3 is 2.00 bits per heavy atom. The summed E-state index contributed by atoms with van der Waals surface area (Å²) >= 11 is 0. The molecule has 0 aliphatic heterocycles. The van der Waals surface area contributed by atoms with Crippen LogP contribution < -0.4 is 0 Å². The standard InChI is InChI=1S/C29H26O4/c1-33-29(32)19-22-7-5-9-24(17-22)26-18-21(14-15-28(26)31)13-12-20-6-4-8-23(16-20)25-10-2-3-11-27(25)30/h2-11,14-18,30-31H,12-13,19H2,1H3. The summed E-state index contributed by atoms with van der Waals surface area (Å²) in [6.07, 6.45) is 1.82. The maximum absolute atomic E-state index is 11.6. The van der Waals surface area contributed by atoms with E-state index in [1.54, 1.807) is 12.1 Å². The predicted octanol–water partition coefficient (Wildman–Crippen LogP) is 5.93. The van der Waals surface area contributed by atoms with Gasteiger partial charge in [0.15, 0.2) is 0 Å². The molecule has 0 aliphatic rings. The second kappa shape index (κ2) is 10.0. The van der Waals surface area contributed by atoms with Crippen LogP contribution in [-0.4, -0.2) is 23.3 Å². The highest BCUT2D eigenvalue weighted by molar-refractivity contribution is 5.75. The van der Waals surface area contributed by atoms with Crippen LogP contribution in [0.2, 0.25) is 0 Å². The molecule has 2 N–H and O–H groups in total. The number of benzene rings is 4. The number of para-hydroxylation sites is 1. The van der Waals surface area contributed by atoms with Gasteiger partial charge in [0.05, 0.1) is 13.5 Å². The normalized spacial score (nSPS) is 10.7. The zero-order valence-corrected chi connectivity index (χ0v) is 18.5. The highest BCUT2D eigenvalue weighted by atomic mass is 16.5. The Hall–Kier alpha value is -4.05. The fourth-order valence-corrected chi connectivity index (χ4v) is 3.96. The molecule has 166 valence electrons. The van der Waals surface area contributed by atoms with Crippen molar-refractivity contribution in [2.24, 2.45) is 0 Å². The Morgan fingerprint density at radius 2 is 1.27 bits per heavy atom. The van der Waals surface area contributed by atoms with Crippen molar-refractivity contribution in [3.05, 3.63) is 108 Å². The quantitative estimate of drug-likeness (QED) is 0.351. The molecule has 0 saturated carbocycles. The summed E-state index contributed by atoms with van der Waals surface area (Å²) in [6, 6.07) is 28.8. The number of carbonyl (C=O) groups excluding carboxylic acids is 1. The third-order valence-electron chi connectivity index (χ3n) is 5.72. The topological polar surface area (TPSA) is 66.8 Å². The summed E-state index contributed by atoms with van der Waals surface area (Å²) in [7, 11) is 1.37. The van der Waals surface area contributed by atoms with Gasteiger partial charge in [-0.3, -0.25) is 4.79 Å². The lowest BCUT2D eigenvalue weighted by molar-refractivity contribution is -0.139. The Kier molecular flexibility index (Phi) is 6.75. The van der Waals surface area contributed by atoms with Crippen LogP contribution in [0.5, 0.6) is 11.5 Å². The summed E-state index contributed by atoms with van der Waals surface area (Å²) in [4.78, 5) is 11.6. The number of hydrogen-bond acceptors (Lipinski definition) is 4. The number of aryl methyl sites for hydroxylation is 2. The third-order valence-corrected chi connectivity index (χ3v) is 5.72. The van der Waals surface area contributed by atoms with E-state index in [2.05, 4.69) is 12.1 Å².